The van der Waals surface area contributed by atoms with Crippen LogP contribution in [-0.4, -0.2) is 17.0 Å². The van der Waals surface area contributed by atoms with E-state index in [1.54, 1.807) is 0 Å². The highest BCUT2D eigenvalue weighted by molar-refractivity contribution is 6.56. The Balaban J connectivity index is 2.04. The van der Waals surface area contributed by atoms with Gasteiger partial charge in [-0.15, -0.1) is 0 Å². The molecule has 3 aliphatic carbocycles. The van der Waals surface area contributed by atoms with Crippen LogP contribution in [-0.2, 0) is 4.79 Å². The molecule has 0 saturated heterocycles. The molecule has 2 nitrogen and oxygen atoms in total. The van der Waals surface area contributed by atoms with E-state index in [9.17, 15) is 9.90 Å². The molecular weight excluding hydrogens is 247 g/mol. The summed E-state index contributed by atoms with van der Waals surface area (Å²) in [6.07, 6.45) is 2.80. The maximum Gasteiger partial charge on any atom is 0.137 e. The van der Waals surface area contributed by atoms with Gasteiger partial charge >= 0.3 is 0 Å². The summed E-state index contributed by atoms with van der Waals surface area (Å²) >= 11 is 11.9. The van der Waals surface area contributed by atoms with Crippen molar-refractivity contribution in [3.05, 3.63) is 10.1 Å². The van der Waals surface area contributed by atoms with Gasteiger partial charge in [-0.05, 0) is 36.7 Å². The predicted octanol–water partition coefficient (Wildman–Crippen LogP) is 2.67. The molecule has 3 unspecified atom stereocenters. The fourth-order valence-corrected chi connectivity index (χ4v) is 4.67. The molecule has 1 N–H and O–H groups in total. The summed E-state index contributed by atoms with van der Waals surface area (Å²) in [5.41, 5.74) is 1.05. The third-order valence-electron chi connectivity index (χ3n) is 4.62. The van der Waals surface area contributed by atoms with Crippen molar-refractivity contribution in [2.24, 2.45) is 23.7 Å². The van der Waals surface area contributed by atoms with Crippen LogP contribution in [0.15, 0.2) is 10.1 Å². The largest absolute Gasteiger partial charge is 0.393 e. The average Bonchev–Trinajstić information content (AvgIpc) is 2.79. The fourth-order valence-electron chi connectivity index (χ4n) is 4.11. The molecule has 0 spiro atoms. The van der Waals surface area contributed by atoms with E-state index in [0.29, 0.717) is 23.1 Å². The van der Waals surface area contributed by atoms with E-state index >= 15 is 0 Å². The number of carbonyl (C=O) groups is 1. The second kappa shape index (κ2) is 3.72. The summed E-state index contributed by atoms with van der Waals surface area (Å²) in [4.78, 5) is 12.0. The third-order valence-corrected chi connectivity index (χ3v) is 5.06. The number of Topliss-reactive ketones (excluding diaryl/α,β-unsaturated/α-hetero) is 1. The van der Waals surface area contributed by atoms with Crippen molar-refractivity contribution >= 4 is 29.0 Å². The lowest BCUT2D eigenvalue weighted by Crippen LogP contribution is -2.41. The normalized spacial score (nSPS) is 46.1. The highest BCUT2D eigenvalue weighted by Crippen LogP contribution is 2.60. The number of allylic oxidation sites excluding steroid dienone is 1. The Kier molecular flexibility index (Phi) is 2.58. The van der Waals surface area contributed by atoms with Crippen LogP contribution < -0.4 is 0 Å². The van der Waals surface area contributed by atoms with E-state index in [4.69, 9.17) is 23.2 Å². The predicted molar refractivity (Wildman–Crippen MR) is 62.2 cm³/mol. The summed E-state index contributed by atoms with van der Waals surface area (Å²) < 4.78 is 0.335. The number of hydrogen-bond donors (Lipinski definition) is 1. The Morgan fingerprint density at radius 3 is 2.50 bits per heavy atom. The van der Waals surface area contributed by atoms with Crippen LogP contribution >= 0.6 is 23.2 Å². The van der Waals surface area contributed by atoms with Crippen molar-refractivity contribution in [1.82, 2.24) is 0 Å². The second-order valence-corrected chi connectivity index (χ2v) is 6.13. The van der Waals surface area contributed by atoms with Crippen LogP contribution in [0.1, 0.15) is 25.7 Å². The Labute approximate surface area is 105 Å². The van der Waals surface area contributed by atoms with Crippen LogP contribution in [0.2, 0.25) is 0 Å². The van der Waals surface area contributed by atoms with Gasteiger partial charge in [0.15, 0.2) is 0 Å². The summed E-state index contributed by atoms with van der Waals surface area (Å²) in [5.74, 6) is 0.837. The number of fused-ring (bicyclic) bond motifs is 5. The highest BCUT2D eigenvalue weighted by atomic mass is 35.5. The fraction of sp³-hybridized carbons (Fsp3) is 0.750. The van der Waals surface area contributed by atoms with E-state index < -0.39 is 0 Å². The number of halogens is 2. The summed E-state index contributed by atoms with van der Waals surface area (Å²) in [6.45, 7) is 0. The summed E-state index contributed by atoms with van der Waals surface area (Å²) in [5, 5.41) is 10.1. The molecule has 16 heavy (non-hydrogen) atoms. The number of rotatable bonds is 0. The number of aliphatic hydroxyl groups is 1. The van der Waals surface area contributed by atoms with Gasteiger partial charge in [-0.2, -0.15) is 0 Å². The van der Waals surface area contributed by atoms with Crippen LogP contribution in [0.4, 0.5) is 0 Å². The Morgan fingerprint density at radius 2 is 1.88 bits per heavy atom. The highest BCUT2D eigenvalue weighted by Gasteiger charge is 2.58. The van der Waals surface area contributed by atoms with Gasteiger partial charge in [-0.3, -0.25) is 4.79 Å². The molecule has 3 aliphatic rings. The van der Waals surface area contributed by atoms with Crippen molar-refractivity contribution in [3.63, 3.8) is 0 Å². The molecule has 0 aliphatic heterocycles. The molecule has 0 aromatic carbocycles. The molecule has 2 bridgehead atoms. The maximum absolute atomic E-state index is 12.0. The van der Waals surface area contributed by atoms with Crippen LogP contribution in [0.3, 0.4) is 0 Å². The lowest BCUT2D eigenvalue weighted by atomic mass is 9.69. The zero-order valence-electron chi connectivity index (χ0n) is 8.83. The number of aliphatic hydroxyl groups excluding tert-OH is 1. The summed E-state index contributed by atoms with van der Waals surface area (Å²) in [7, 11) is 0. The molecule has 0 radical (unpaired) electrons. The average molecular weight is 261 g/mol. The molecule has 4 heteroatoms. The molecule has 0 aromatic rings. The number of carbonyl (C=O) groups excluding carboxylic acids is 1. The lowest BCUT2D eigenvalue weighted by molar-refractivity contribution is -0.133. The molecular formula is C12H14Cl2O2. The minimum Gasteiger partial charge on any atom is -0.393 e. The first-order valence-corrected chi connectivity index (χ1v) is 6.62. The van der Waals surface area contributed by atoms with E-state index in [1.165, 1.54) is 0 Å². The van der Waals surface area contributed by atoms with Crippen LogP contribution in [0.5, 0.6) is 0 Å². The minimum absolute atomic E-state index is 0.00926. The standard InChI is InChI=1S/C12H14Cl2O2/c13-12(14)9-5-1-2-6(9)11-8(16)4-3-7(15)10(5)11/h5-7,10-11,15H,1-4H2/t5-,6+,7?,10?,11?/m1/s1. The smallest absolute Gasteiger partial charge is 0.137 e. The third kappa shape index (κ3) is 1.33. The van der Waals surface area contributed by atoms with Gasteiger partial charge < -0.3 is 5.11 Å². The van der Waals surface area contributed by atoms with Crippen molar-refractivity contribution in [3.8, 4) is 0 Å². The van der Waals surface area contributed by atoms with Crippen molar-refractivity contribution in [2.45, 2.75) is 31.8 Å². The molecule has 3 rings (SSSR count). The van der Waals surface area contributed by atoms with Gasteiger partial charge in [0.1, 0.15) is 10.3 Å². The van der Waals surface area contributed by atoms with Crippen molar-refractivity contribution in [2.75, 3.05) is 0 Å². The summed E-state index contributed by atoms with van der Waals surface area (Å²) in [6, 6.07) is 0. The first-order valence-electron chi connectivity index (χ1n) is 5.87. The van der Waals surface area contributed by atoms with E-state index in [-0.39, 0.29) is 29.8 Å². The number of ketones is 1. The quantitative estimate of drug-likeness (QED) is 0.727. The van der Waals surface area contributed by atoms with Gasteiger partial charge in [0.2, 0.25) is 0 Å². The van der Waals surface area contributed by atoms with Gasteiger partial charge in [-0.25, -0.2) is 0 Å². The topological polar surface area (TPSA) is 37.3 Å². The van der Waals surface area contributed by atoms with Crippen LogP contribution in [0, 0.1) is 23.7 Å². The Bertz CT molecular complexity index is 373. The molecule has 5 atom stereocenters. The van der Waals surface area contributed by atoms with Gasteiger partial charge in [0, 0.05) is 18.3 Å². The van der Waals surface area contributed by atoms with Gasteiger partial charge in [0.25, 0.3) is 0 Å². The SMILES string of the molecule is O=C1CCC(O)C2C1[C@H]1CC[C@@H]2C1=C(Cl)Cl. The van der Waals surface area contributed by atoms with E-state index in [1.807, 2.05) is 0 Å². The molecule has 3 fully saturated rings. The van der Waals surface area contributed by atoms with Crippen LogP contribution in [0.25, 0.3) is 0 Å². The van der Waals surface area contributed by atoms with Crippen molar-refractivity contribution in [1.29, 1.82) is 0 Å². The molecule has 0 heterocycles. The molecule has 0 aromatic heterocycles. The lowest BCUT2D eigenvalue weighted by Gasteiger charge is -2.36. The molecule has 3 saturated carbocycles. The van der Waals surface area contributed by atoms with Crippen molar-refractivity contribution < 1.29 is 9.90 Å². The second-order valence-electron chi connectivity index (χ2n) is 5.18. The Hall–Kier alpha value is -0.0500. The first kappa shape index (κ1) is 11.1. The molecule has 88 valence electrons. The Morgan fingerprint density at radius 1 is 1.19 bits per heavy atom. The zero-order valence-corrected chi connectivity index (χ0v) is 10.3. The van der Waals surface area contributed by atoms with E-state index in [2.05, 4.69) is 0 Å². The zero-order chi connectivity index (χ0) is 11.4. The van der Waals surface area contributed by atoms with Gasteiger partial charge in [-0.1, -0.05) is 23.2 Å². The number of hydrogen-bond acceptors (Lipinski definition) is 2. The molecule has 0 amide bonds. The van der Waals surface area contributed by atoms with Gasteiger partial charge in [0.05, 0.1) is 6.10 Å². The van der Waals surface area contributed by atoms with E-state index in [0.717, 1.165) is 18.4 Å². The minimum atomic E-state index is -0.347. The first-order chi connectivity index (χ1) is 7.61. The monoisotopic (exact) mass is 260 g/mol. The maximum atomic E-state index is 12.0.